The van der Waals surface area contributed by atoms with Crippen molar-refractivity contribution in [3.63, 3.8) is 0 Å². The predicted octanol–water partition coefficient (Wildman–Crippen LogP) is 4.92. The van der Waals surface area contributed by atoms with Crippen molar-refractivity contribution in [2.24, 2.45) is 0 Å². The first kappa shape index (κ1) is 18.7. The van der Waals surface area contributed by atoms with E-state index < -0.39 is 17.2 Å². The zero-order valence-electron chi connectivity index (χ0n) is 15.6. The Kier molecular flexibility index (Phi) is 4.95. The lowest BCUT2D eigenvalue weighted by atomic mass is 9.83. The van der Waals surface area contributed by atoms with E-state index in [1.807, 2.05) is 26.8 Å². The van der Waals surface area contributed by atoms with Gasteiger partial charge in [0, 0.05) is 6.04 Å². The van der Waals surface area contributed by atoms with Gasteiger partial charge in [-0.3, -0.25) is 4.90 Å². The quantitative estimate of drug-likeness (QED) is 0.747. The molecule has 2 aliphatic rings. The molecule has 4 nitrogen and oxygen atoms in total. The summed E-state index contributed by atoms with van der Waals surface area (Å²) in [6, 6.07) is 2.47. The average Bonchev–Trinajstić information content (AvgIpc) is 2.51. The molecule has 1 aromatic carbocycles. The van der Waals surface area contributed by atoms with Crippen molar-refractivity contribution in [3.05, 3.63) is 35.4 Å². The highest BCUT2D eigenvalue weighted by molar-refractivity contribution is 5.75. The van der Waals surface area contributed by atoms with Crippen LogP contribution in [0, 0.1) is 11.6 Å². The Morgan fingerprint density at radius 2 is 1.85 bits per heavy atom. The lowest BCUT2D eigenvalue weighted by Crippen LogP contribution is -2.53. The summed E-state index contributed by atoms with van der Waals surface area (Å²) in [5.41, 5.74) is 0.805. The van der Waals surface area contributed by atoms with Crippen LogP contribution in [-0.2, 0) is 4.74 Å². The van der Waals surface area contributed by atoms with Gasteiger partial charge in [-0.15, -0.1) is 0 Å². The summed E-state index contributed by atoms with van der Waals surface area (Å²) < 4.78 is 38.4. The number of piperidine rings is 1. The fraction of sp³-hybridized carbons (Fsp3) is 0.550. The van der Waals surface area contributed by atoms with Gasteiger partial charge in [0.1, 0.15) is 5.60 Å². The van der Waals surface area contributed by atoms with Crippen LogP contribution < -0.4 is 4.74 Å². The minimum absolute atomic E-state index is 0.0168. The summed E-state index contributed by atoms with van der Waals surface area (Å²) >= 11 is 0. The van der Waals surface area contributed by atoms with E-state index in [1.165, 1.54) is 19.2 Å². The van der Waals surface area contributed by atoms with Crippen molar-refractivity contribution in [1.29, 1.82) is 0 Å². The van der Waals surface area contributed by atoms with Crippen LogP contribution in [0.25, 0.3) is 5.57 Å². The second kappa shape index (κ2) is 6.89. The van der Waals surface area contributed by atoms with Gasteiger partial charge in [-0.1, -0.05) is 6.08 Å². The molecule has 2 heterocycles. The van der Waals surface area contributed by atoms with Crippen LogP contribution >= 0.6 is 0 Å². The van der Waals surface area contributed by atoms with Crippen LogP contribution in [-0.4, -0.2) is 35.8 Å². The Hall–Kier alpha value is -2.11. The van der Waals surface area contributed by atoms with Crippen LogP contribution in [0.4, 0.5) is 13.6 Å². The molecular formula is C20H25F2NO3. The number of hydrogen-bond donors (Lipinski definition) is 0. The monoisotopic (exact) mass is 365 g/mol. The van der Waals surface area contributed by atoms with Gasteiger partial charge in [0.15, 0.2) is 17.4 Å². The molecule has 2 atom stereocenters. The molecular weight excluding hydrogens is 340 g/mol. The molecule has 2 bridgehead atoms. The Bertz CT molecular complexity index is 716. The molecule has 26 heavy (non-hydrogen) atoms. The van der Waals surface area contributed by atoms with Crippen molar-refractivity contribution in [2.75, 3.05) is 7.11 Å². The maximum Gasteiger partial charge on any atom is 0.411 e. The molecule has 1 aromatic rings. The molecule has 1 amide bonds. The fourth-order valence-corrected chi connectivity index (χ4v) is 3.78. The van der Waals surface area contributed by atoms with Crippen molar-refractivity contribution in [1.82, 2.24) is 4.90 Å². The smallest absolute Gasteiger partial charge is 0.411 e. The number of fused-ring (bicyclic) bond motifs is 2. The number of rotatable bonds is 2. The van der Waals surface area contributed by atoms with E-state index in [2.05, 4.69) is 0 Å². The molecule has 0 aromatic heterocycles. The van der Waals surface area contributed by atoms with E-state index in [9.17, 15) is 13.6 Å². The maximum atomic E-state index is 14.1. The van der Waals surface area contributed by atoms with Crippen molar-refractivity contribution in [2.45, 2.75) is 64.1 Å². The molecule has 2 aliphatic heterocycles. The third-order valence-corrected chi connectivity index (χ3v) is 4.81. The SMILES string of the molecule is COc1c(F)cc(C2=CC3CCCC(C2)N3C(=O)OC(C)(C)C)cc1F. The first-order valence-corrected chi connectivity index (χ1v) is 8.95. The average molecular weight is 365 g/mol. The Labute approximate surface area is 152 Å². The number of nitrogens with zero attached hydrogens (tertiary/aromatic N) is 1. The molecule has 0 radical (unpaired) electrons. The second-order valence-electron chi connectivity index (χ2n) is 7.91. The van der Waals surface area contributed by atoms with E-state index in [0.717, 1.165) is 24.8 Å². The standard InChI is InChI=1S/C20H25F2NO3/c1-20(2,3)26-19(24)23-14-6-5-7-15(23)9-12(8-14)13-10-16(21)18(25-4)17(22)11-13/h8,10-11,14-15H,5-7,9H2,1-4H3. The molecule has 0 aliphatic carbocycles. The lowest BCUT2D eigenvalue weighted by Gasteiger charge is -2.45. The van der Waals surface area contributed by atoms with E-state index in [0.29, 0.717) is 12.0 Å². The highest BCUT2D eigenvalue weighted by Crippen LogP contribution is 2.39. The van der Waals surface area contributed by atoms with E-state index in [-0.39, 0.29) is 23.9 Å². The summed E-state index contributed by atoms with van der Waals surface area (Å²) in [5, 5.41) is 0. The Balaban J connectivity index is 1.90. The van der Waals surface area contributed by atoms with Crippen molar-refractivity contribution in [3.8, 4) is 5.75 Å². The van der Waals surface area contributed by atoms with Gasteiger partial charge in [-0.2, -0.15) is 0 Å². The van der Waals surface area contributed by atoms with E-state index >= 15 is 0 Å². The molecule has 6 heteroatoms. The Morgan fingerprint density at radius 1 is 1.19 bits per heavy atom. The van der Waals surface area contributed by atoms with Gasteiger partial charge in [0.05, 0.1) is 13.2 Å². The molecule has 1 saturated heterocycles. The van der Waals surface area contributed by atoms with Gasteiger partial charge in [-0.25, -0.2) is 13.6 Å². The van der Waals surface area contributed by atoms with Crippen LogP contribution in [0.2, 0.25) is 0 Å². The predicted molar refractivity (Wildman–Crippen MR) is 95.0 cm³/mol. The van der Waals surface area contributed by atoms with Gasteiger partial charge in [0.2, 0.25) is 0 Å². The summed E-state index contributed by atoms with van der Waals surface area (Å²) in [4.78, 5) is 14.4. The number of carbonyl (C=O) groups excluding carboxylic acids is 1. The topological polar surface area (TPSA) is 38.8 Å². The molecule has 1 fully saturated rings. The summed E-state index contributed by atoms with van der Waals surface area (Å²) in [7, 11) is 1.24. The number of ether oxygens (including phenoxy) is 2. The molecule has 2 unspecified atom stereocenters. The van der Waals surface area contributed by atoms with Gasteiger partial charge >= 0.3 is 6.09 Å². The zero-order valence-corrected chi connectivity index (χ0v) is 15.6. The van der Waals surface area contributed by atoms with E-state index in [1.54, 1.807) is 4.90 Å². The number of amides is 1. The third kappa shape index (κ3) is 3.69. The molecule has 142 valence electrons. The number of hydrogen-bond acceptors (Lipinski definition) is 3. The normalized spacial score (nSPS) is 22.7. The van der Waals surface area contributed by atoms with Gasteiger partial charge < -0.3 is 9.47 Å². The highest BCUT2D eigenvalue weighted by Gasteiger charge is 2.39. The largest absolute Gasteiger partial charge is 0.491 e. The minimum Gasteiger partial charge on any atom is -0.491 e. The highest BCUT2D eigenvalue weighted by atomic mass is 19.1. The van der Waals surface area contributed by atoms with Crippen LogP contribution in [0.15, 0.2) is 18.2 Å². The number of methoxy groups -OCH3 is 1. The van der Waals surface area contributed by atoms with Crippen molar-refractivity contribution < 1.29 is 23.0 Å². The van der Waals surface area contributed by atoms with Gasteiger partial charge in [-0.05, 0) is 69.7 Å². The summed E-state index contributed by atoms with van der Waals surface area (Å²) in [6.45, 7) is 5.53. The summed E-state index contributed by atoms with van der Waals surface area (Å²) in [6.07, 6.45) is 4.87. The zero-order chi connectivity index (χ0) is 19.1. The minimum atomic E-state index is -0.719. The third-order valence-electron chi connectivity index (χ3n) is 4.81. The van der Waals surface area contributed by atoms with Crippen LogP contribution in [0.5, 0.6) is 5.75 Å². The molecule has 0 N–H and O–H groups in total. The molecule has 3 rings (SSSR count). The first-order chi connectivity index (χ1) is 12.2. The first-order valence-electron chi connectivity index (χ1n) is 8.95. The van der Waals surface area contributed by atoms with E-state index in [4.69, 9.17) is 9.47 Å². The maximum absolute atomic E-state index is 14.1. The van der Waals surface area contributed by atoms with Crippen LogP contribution in [0.3, 0.4) is 0 Å². The number of carbonyl (C=O) groups is 1. The van der Waals surface area contributed by atoms with Crippen molar-refractivity contribution >= 4 is 11.7 Å². The van der Waals surface area contributed by atoms with Gasteiger partial charge in [0.25, 0.3) is 0 Å². The fourth-order valence-electron chi connectivity index (χ4n) is 3.78. The second-order valence-corrected chi connectivity index (χ2v) is 7.91. The number of halogens is 2. The molecule has 0 saturated carbocycles. The number of benzene rings is 1. The molecule has 0 spiro atoms. The summed E-state index contributed by atoms with van der Waals surface area (Å²) in [5.74, 6) is -1.81. The van der Waals surface area contributed by atoms with Crippen LogP contribution in [0.1, 0.15) is 52.0 Å². The lowest BCUT2D eigenvalue weighted by molar-refractivity contribution is 0.0000788. The Morgan fingerprint density at radius 3 is 2.38 bits per heavy atom.